The van der Waals surface area contributed by atoms with E-state index in [0.29, 0.717) is 23.2 Å². The Morgan fingerprint density at radius 2 is 1.86 bits per heavy atom. The van der Waals surface area contributed by atoms with Gasteiger partial charge in [0.05, 0.1) is 24.6 Å². The van der Waals surface area contributed by atoms with Crippen molar-refractivity contribution in [3.05, 3.63) is 59.7 Å². The lowest BCUT2D eigenvalue weighted by Crippen LogP contribution is -2.23. The molecule has 1 amide bonds. The summed E-state index contributed by atoms with van der Waals surface area (Å²) in [5.41, 5.74) is 6.90. The Morgan fingerprint density at radius 1 is 1.11 bits per heavy atom. The number of nitrogens with two attached hydrogens (primary N) is 1. The third kappa shape index (κ3) is 3.68. The number of methoxy groups -OCH3 is 1. The molecule has 28 heavy (non-hydrogen) atoms. The summed E-state index contributed by atoms with van der Waals surface area (Å²) in [6.45, 7) is -0.337. The Hall–Kier alpha value is -3.36. The van der Waals surface area contributed by atoms with Gasteiger partial charge >= 0.3 is 0 Å². The van der Waals surface area contributed by atoms with Crippen LogP contribution >= 0.6 is 0 Å². The lowest BCUT2D eigenvalue weighted by atomic mass is 10.1. The van der Waals surface area contributed by atoms with Gasteiger partial charge in [0.2, 0.25) is 5.88 Å². The maximum Gasteiger partial charge on any atom is 0.290 e. The van der Waals surface area contributed by atoms with E-state index in [9.17, 15) is 9.59 Å². The number of Topliss-reactive ketones (excluding diaryl/α,β-unsaturated/α-hetero) is 1. The second-order valence-electron chi connectivity index (χ2n) is 5.90. The van der Waals surface area contributed by atoms with Gasteiger partial charge in [-0.2, -0.15) is 0 Å². The Balaban J connectivity index is 2.23. The van der Waals surface area contributed by atoms with Crippen molar-refractivity contribution < 1.29 is 28.9 Å². The van der Waals surface area contributed by atoms with Gasteiger partial charge in [-0.3, -0.25) is 9.59 Å². The van der Waals surface area contributed by atoms with Crippen LogP contribution in [0.4, 0.5) is 0 Å². The topological polar surface area (TPSA) is 113 Å². The molecule has 0 fully saturated rings. The van der Waals surface area contributed by atoms with Crippen LogP contribution in [0.25, 0.3) is 10.9 Å². The third-order valence-corrected chi connectivity index (χ3v) is 4.22. The average molecular weight is 384 g/mol. The van der Waals surface area contributed by atoms with Crippen molar-refractivity contribution in [2.24, 2.45) is 5.73 Å². The highest BCUT2D eigenvalue weighted by atomic mass is 16.7. The van der Waals surface area contributed by atoms with E-state index in [4.69, 9.17) is 25.1 Å². The van der Waals surface area contributed by atoms with Crippen LogP contribution in [0.3, 0.4) is 0 Å². The van der Waals surface area contributed by atoms with Gasteiger partial charge in [-0.1, -0.05) is 36.4 Å². The van der Waals surface area contributed by atoms with Crippen molar-refractivity contribution in [2.75, 3.05) is 20.7 Å². The normalized spacial score (nSPS) is 10.8. The number of hydrogen-bond donors (Lipinski definition) is 2. The van der Waals surface area contributed by atoms with Crippen molar-refractivity contribution in [3.63, 3.8) is 0 Å². The number of primary amides is 1. The zero-order valence-corrected chi connectivity index (χ0v) is 15.3. The Kier molecular flexibility index (Phi) is 5.93. The molecule has 8 heteroatoms. The first-order valence-corrected chi connectivity index (χ1v) is 8.47. The van der Waals surface area contributed by atoms with E-state index < -0.39 is 18.5 Å². The van der Waals surface area contributed by atoms with Crippen LogP contribution in [0.1, 0.15) is 15.9 Å². The van der Waals surface area contributed by atoms with Crippen molar-refractivity contribution in [1.82, 2.24) is 4.57 Å². The fourth-order valence-electron chi connectivity index (χ4n) is 3.08. The first-order valence-electron chi connectivity index (χ1n) is 8.47. The Morgan fingerprint density at radius 3 is 2.50 bits per heavy atom. The number of fused-ring (bicyclic) bond motifs is 1. The average Bonchev–Trinajstić information content (AvgIpc) is 3.02. The highest BCUT2D eigenvalue weighted by Crippen LogP contribution is 2.38. The zero-order chi connectivity index (χ0) is 20.1. The van der Waals surface area contributed by atoms with Gasteiger partial charge in [0, 0.05) is 0 Å². The smallest absolute Gasteiger partial charge is 0.290 e. The summed E-state index contributed by atoms with van der Waals surface area (Å²) in [4.78, 5) is 24.3. The molecule has 3 rings (SSSR count). The van der Waals surface area contributed by atoms with Gasteiger partial charge < -0.3 is 29.6 Å². The van der Waals surface area contributed by atoms with Gasteiger partial charge in [0.25, 0.3) is 11.7 Å². The summed E-state index contributed by atoms with van der Waals surface area (Å²) in [6.07, 6.45) is 0. The monoisotopic (exact) mass is 384 g/mol. The van der Waals surface area contributed by atoms with Crippen LogP contribution < -0.4 is 15.2 Å². The number of benzene rings is 2. The fourth-order valence-corrected chi connectivity index (χ4v) is 3.08. The predicted molar refractivity (Wildman–Crippen MR) is 101 cm³/mol. The number of nitrogens with zero attached hydrogens (tertiary/aromatic N) is 1. The summed E-state index contributed by atoms with van der Waals surface area (Å²) in [5, 5.41) is 9.17. The number of hydrogen-bond acceptors (Lipinski definition) is 6. The minimum Gasteiger partial charge on any atom is -0.482 e. The van der Waals surface area contributed by atoms with Gasteiger partial charge in [-0.05, 0) is 17.7 Å². The molecule has 0 unspecified atom stereocenters. The van der Waals surface area contributed by atoms with Crippen LogP contribution in [-0.2, 0) is 16.1 Å². The summed E-state index contributed by atoms with van der Waals surface area (Å²) >= 11 is 0. The van der Waals surface area contributed by atoms with Crippen LogP contribution in [-0.4, -0.2) is 42.1 Å². The molecule has 0 radical (unpaired) electrons. The molecule has 3 N–H and O–H groups in total. The highest BCUT2D eigenvalue weighted by molar-refractivity contribution is 6.45. The summed E-state index contributed by atoms with van der Waals surface area (Å²) in [5.74, 6) is -1.46. The van der Waals surface area contributed by atoms with E-state index in [1.807, 2.05) is 30.3 Å². The van der Waals surface area contributed by atoms with Gasteiger partial charge in [-0.15, -0.1) is 0 Å². The zero-order valence-electron chi connectivity index (χ0n) is 15.3. The first-order chi connectivity index (χ1) is 13.6. The molecule has 1 aromatic heterocycles. The van der Waals surface area contributed by atoms with Crippen molar-refractivity contribution in [3.8, 4) is 11.6 Å². The second kappa shape index (κ2) is 8.55. The summed E-state index contributed by atoms with van der Waals surface area (Å²) < 4.78 is 17.6. The largest absolute Gasteiger partial charge is 0.482 e. The molecule has 146 valence electrons. The molecule has 0 aliphatic carbocycles. The number of carbonyl (C=O) groups is 2. The molecular formula is C20H20N2O6. The third-order valence-electron chi connectivity index (χ3n) is 4.22. The van der Waals surface area contributed by atoms with Crippen molar-refractivity contribution in [1.29, 1.82) is 0 Å². The maximum absolute atomic E-state index is 12.6. The number of aliphatic hydroxyl groups excluding tert-OH is 1. The van der Waals surface area contributed by atoms with Crippen LogP contribution in [0, 0.1) is 0 Å². The number of aromatic nitrogens is 1. The molecule has 0 saturated heterocycles. The number of amides is 1. The lowest BCUT2D eigenvalue weighted by molar-refractivity contribution is -0.114. The molecule has 1 heterocycles. The van der Waals surface area contributed by atoms with E-state index in [-0.39, 0.29) is 18.2 Å². The van der Waals surface area contributed by atoms with Gasteiger partial charge in [-0.25, -0.2) is 0 Å². The Bertz CT molecular complexity index is 997. The quantitative estimate of drug-likeness (QED) is 0.251. The van der Waals surface area contributed by atoms with Crippen molar-refractivity contribution in [2.45, 2.75) is 6.54 Å². The lowest BCUT2D eigenvalue weighted by Gasteiger charge is -2.10. The molecule has 0 atom stereocenters. The molecule has 0 spiro atoms. The first kappa shape index (κ1) is 19.4. The van der Waals surface area contributed by atoms with Crippen molar-refractivity contribution >= 4 is 22.6 Å². The molecular weight excluding hydrogens is 364 g/mol. The number of carbonyl (C=O) groups excluding carboxylic acids is 2. The molecule has 0 aliphatic heterocycles. The summed E-state index contributed by atoms with van der Waals surface area (Å²) in [6, 6.07) is 14.8. The number of aliphatic hydroxyl groups is 1. The highest BCUT2D eigenvalue weighted by Gasteiger charge is 2.29. The van der Waals surface area contributed by atoms with Gasteiger partial charge in [0.1, 0.15) is 18.1 Å². The molecule has 0 aliphatic rings. The fraction of sp³-hybridized carbons (Fsp3) is 0.200. The minimum atomic E-state index is -1.10. The van der Waals surface area contributed by atoms with E-state index in [1.54, 1.807) is 22.8 Å². The van der Waals surface area contributed by atoms with E-state index in [2.05, 4.69) is 0 Å². The predicted octanol–water partition coefficient (Wildman–Crippen LogP) is 1.67. The Labute approximate surface area is 161 Å². The summed E-state index contributed by atoms with van der Waals surface area (Å²) in [7, 11) is 1.42. The molecule has 0 saturated carbocycles. The number of rotatable bonds is 9. The van der Waals surface area contributed by atoms with E-state index >= 15 is 0 Å². The van der Waals surface area contributed by atoms with E-state index in [1.165, 1.54) is 7.11 Å². The number of ketones is 1. The molecule has 2 aromatic carbocycles. The van der Waals surface area contributed by atoms with Gasteiger partial charge in [0.15, 0.2) is 6.79 Å². The minimum absolute atomic E-state index is 0.0283. The standard InChI is InChI=1S/C20H20N2O6/c1-26-20-17(18(24)19(21)25)16-14(8-5-9-15(16)28-12-27-11-23)22(20)10-13-6-3-2-4-7-13/h2-9,23H,10-12H2,1H3,(H2,21,25). The van der Waals surface area contributed by atoms with Crippen LogP contribution in [0.2, 0.25) is 0 Å². The molecule has 8 nitrogen and oxygen atoms in total. The second-order valence-corrected chi connectivity index (χ2v) is 5.90. The molecule has 0 bridgehead atoms. The van der Waals surface area contributed by atoms with E-state index in [0.717, 1.165) is 5.56 Å². The van der Waals surface area contributed by atoms with Crippen LogP contribution in [0.5, 0.6) is 11.6 Å². The number of ether oxygens (including phenoxy) is 3. The van der Waals surface area contributed by atoms with Crippen LogP contribution in [0.15, 0.2) is 48.5 Å². The maximum atomic E-state index is 12.6. The SMILES string of the molecule is COc1c(C(=O)C(N)=O)c2c(OCOCO)cccc2n1Cc1ccccc1. The molecule has 3 aromatic rings.